The average Bonchev–Trinajstić information content (AvgIpc) is 2.65. The van der Waals surface area contributed by atoms with Crippen molar-refractivity contribution in [3.05, 3.63) is 65.4 Å². The molecular weight excluding hydrogens is 338 g/mol. The Hall–Kier alpha value is -1.76. The molecule has 2 rings (SSSR count). The van der Waals surface area contributed by atoms with E-state index in [4.69, 9.17) is 0 Å². The SMILES string of the molecule is C=C(/C=C\C=C(/C)N(CCC)CCC)c1ccc2c(c1)C(C)(C)CCC2(C)C. The van der Waals surface area contributed by atoms with Gasteiger partial charge in [-0.25, -0.2) is 0 Å². The summed E-state index contributed by atoms with van der Waals surface area (Å²) in [4.78, 5) is 2.47. The van der Waals surface area contributed by atoms with E-state index in [0.29, 0.717) is 0 Å². The van der Waals surface area contributed by atoms with Crippen LogP contribution in [0.15, 0.2) is 48.7 Å². The lowest BCUT2D eigenvalue weighted by molar-refractivity contribution is 0.332. The molecule has 0 amide bonds. The highest BCUT2D eigenvalue weighted by Crippen LogP contribution is 2.46. The summed E-state index contributed by atoms with van der Waals surface area (Å²) in [6.07, 6.45) is 11.4. The van der Waals surface area contributed by atoms with Crippen molar-refractivity contribution in [2.75, 3.05) is 13.1 Å². The van der Waals surface area contributed by atoms with Gasteiger partial charge in [0, 0.05) is 18.8 Å². The van der Waals surface area contributed by atoms with Crippen molar-refractivity contribution >= 4 is 5.57 Å². The molecule has 0 unspecified atom stereocenters. The summed E-state index contributed by atoms with van der Waals surface area (Å²) in [6.45, 7) is 22.8. The molecule has 0 bridgehead atoms. The maximum absolute atomic E-state index is 4.34. The van der Waals surface area contributed by atoms with Crippen LogP contribution in [0, 0.1) is 0 Å². The topological polar surface area (TPSA) is 3.24 Å². The molecule has 0 atom stereocenters. The van der Waals surface area contributed by atoms with Gasteiger partial charge in [0.2, 0.25) is 0 Å². The molecule has 1 aromatic rings. The minimum absolute atomic E-state index is 0.238. The summed E-state index contributed by atoms with van der Waals surface area (Å²) in [7, 11) is 0. The van der Waals surface area contributed by atoms with E-state index in [2.05, 4.69) is 96.4 Å². The molecular formula is C27H41N. The number of hydrogen-bond acceptors (Lipinski definition) is 1. The van der Waals surface area contributed by atoms with Gasteiger partial charge >= 0.3 is 0 Å². The monoisotopic (exact) mass is 379 g/mol. The number of nitrogens with zero attached hydrogens (tertiary/aromatic N) is 1. The van der Waals surface area contributed by atoms with Gasteiger partial charge in [-0.3, -0.25) is 0 Å². The van der Waals surface area contributed by atoms with Gasteiger partial charge in [-0.15, -0.1) is 0 Å². The predicted octanol–water partition coefficient (Wildman–Crippen LogP) is 7.63. The first-order valence-corrected chi connectivity index (χ1v) is 11.1. The molecule has 0 aromatic heterocycles. The zero-order valence-electron chi connectivity index (χ0n) is 19.4. The Bertz CT molecular complexity index is 740. The second-order valence-corrected chi connectivity index (χ2v) is 9.71. The molecule has 28 heavy (non-hydrogen) atoms. The summed E-state index contributed by atoms with van der Waals surface area (Å²) in [5, 5.41) is 0. The molecule has 0 saturated heterocycles. The maximum atomic E-state index is 4.34. The van der Waals surface area contributed by atoms with Gasteiger partial charge < -0.3 is 4.90 Å². The summed E-state index contributed by atoms with van der Waals surface area (Å²) < 4.78 is 0. The number of fused-ring (bicyclic) bond motifs is 1. The highest BCUT2D eigenvalue weighted by Gasteiger charge is 2.36. The molecule has 1 heteroatoms. The van der Waals surface area contributed by atoms with Crippen molar-refractivity contribution in [3.63, 3.8) is 0 Å². The van der Waals surface area contributed by atoms with E-state index in [1.54, 1.807) is 0 Å². The average molecular weight is 380 g/mol. The molecule has 1 nitrogen and oxygen atoms in total. The van der Waals surface area contributed by atoms with Gasteiger partial charge in [-0.1, -0.05) is 78.5 Å². The largest absolute Gasteiger partial charge is 0.375 e. The van der Waals surface area contributed by atoms with Gasteiger partial charge in [0.1, 0.15) is 0 Å². The van der Waals surface area contributed by atoms with E-state index >= 15 is 0 Å². The Morgan fingerprint density at radius 2 is 1.57 bits per heavy atom. The van der Waals surface area contributed by atoms with Crippen LogP contribution in [0.1, 0.15) is 90.8 Å². The van der Waals surface area contributed by atoms with Crippen molar-refractivity contribution in [1.82, 2.24) is 4.90 Å². The molecule has 0 N–H and O–H groups in total. The normalized spacial score (nSPS) is 18.2. The molecule has 0 fully saturated rings. The summed E-state index contributed by atoms with van der Waals surface area (Å²) >= 11 is 0. The number of benzene rings is 1. The Morgan fingerprint density at radius 3 is 2.14 bits per heavy atom. The zero-order chi connectivity index (χ0) is 20.9. The van der Waals surface area contributed by atoms with Crippen molar-refractivity contribution in [2.45, 2.75) is 85.0 Å². The second-order valence-electron chi connectivity index (χ2n) is 9.71. The van der Waals surface area contributed by atoms with Crippen LogP contribution in [-0.2, 0) is 10.8 Å². The predicted molar refractivity (Wildman–Crippen MR) is 126 cm³/mol. The van der Waals surface area contributed by atoms with Crippen LogP contribution in [0.4, 0.5) is 0 Å². The lowest BCUT2D eigenvalue weighted by atomic mass is 9.63. The first-order chi connectivity index (χ1) is 13.1. The van der Waals surface area contributed by atoms with Gasteiger partial charge in [0.05, 0.1) is 0 Å². The molecule has 0 radical (unpaired) electrons. The maximum Gasteiger partial charge on any atom is 0.0172 e. The van der Waals surface area contributed by atoms with Crippen LogP contribution in [-0.4, -0.2) is 18.0 Å². The standard InChI is InChI=1S/C27H41N/c1-9-18-28(19-10-2)22(4)13-11-12-21(3)23-14-15-24-25(20-23)27(7,8)17-16-26(24,5)6/h11-15,20H,3,9-10,16-19H2,1-2,4-8H3/b12-11-,22-13+. The fraction of sp³-hybridized carbons (Fsp3) is 0.556. The van der Waals surface area contributed by atoms with Gasteiger partial charge in [0.15, 0.2) is 0 Å². The highest BCUT2D eigenvalue weighted by molar-refractivity contribution is 5.73. The van der Waals surface area contributed by atoms with Crippen molar-refractivity contribution < 1.29 is 0 Å². The van der Waals surface area contributed by atoms with Crippen molar-refractivity contribution in [1.29, 1.82) is 0 Å². The minimum Gasteiger partial charge on any atom is -0.375 e. The third kappa shape index (κ3) is 5.19. The van der Waals surface area contributed by atoms with Gasteiger partial charge in [-0.2, -0.15) is 0 Å². The highest BCUT2D eigenvalue weighted by atomic mass is 15.1. The van der Waals surface area contributed by atoms with Crippen LogP contribution in [0.25, 0.3) is 5.57 Å². The minimum atomic E-state index is 0.238. The van der Waals surface area contributed by atoms with Crippen LogP contribution in [0.2, 0.25) is 0 Å². The first kappa shape index (κ1) is 22.5. The number of hydrogen-bond donors (Lipinski definition) is 0. The zero-order valence-corrected chi connectivity index (χ0v) is 19.4. The molecule has 1 aromatic carbocycles. The van der Waals surface area contributed by atoms with E-state index in [0.717, 1.165) is 18.7 Å². The number of allylic oxidation sites excluding steroid dienone is 5. The number of rotatable bonds is 8. The first-order valence-electron chi connectivity index (χ1n) is 11.1. The van der Waals surface area contributed by atoms with Gasteiger partial charge in [-0.05, 0) is 71.8 Å². The lowest BCUT2D eigenvalue weighted by Gasteiger charge is -2.42. The Kier molecular flexibility index (Phi) is 7.37. The molecule has 154 valence electrons. The van der Waals surface area contributed by atoms with Crippen LogP contribution in [0.5, 0.6) is 0 Å². The molecule has 1 aliphatic rings. The Balaban J connectivity index is 2.21. The van der Waals surface area contributed by atoms with Crippen molar-refractivity contribution in [2.24, 2.45) is 0 Å². The Morgan fingerprint density at radius 1 is 1.00 bits per heavy atom. The van der Waals surface area contributed by atoms with Crippen molar-refractivity contribution in [3.8, 4) is 0 Å². The van der Waals surface area contributed by atoms with E-state index < -0.39 is 0 Å². The van der Waals surface area contributed by atoms with E-state index in [9.17, 15) is 0 Å². The van der Waals surface area contributed by atoms with Crippen LogP contribution in [0.3, 0.4) is 0 Å². The molecule has 0 saturated carbocycles. The van der Waals surface area contributed by atoms with E-state index in [1.807, 2.05) is 0 Å². The van der Waals surface area contributed by atoms with Crippen LogP contribution < -0.4 is 0 Å². The quantitative estimate of drug-likeness (QED) is 0.420. The third-order valence-electron chi connectivity index (χ3n) is 6.34. The molecule has 0 spiro atoms. The fourth-order valence-electron chi connectivity index (χ4n) is 4.30. The summed E-state index contributed by atoms with van der Waals surface area (Å²) in [5.74, 6) is 0. The smallest absolute Gasteiger partial charge is 0.0172 e. The Labute approximate surface area is 174 Å². The third-order valence-corrected chi connectivity index (χ3v) is 6.34. The lowest BCUT2D eigenvalue weighted by Crippen LogP contribution is -2.33. The van der Waals surface area contributed by atoms with Crippen LogP contribution >= 0.6 is 0 Å². The summed E-state index contributed by atoms with van der Waals surface area (Å²) in [5.41, 5.74) is 7.18. The molecule has 0 heterocycles. The van der Waals surface area contributed by atoms with Gasteiger partial charge in [0.25, 0.3) is 0 Å². The molecule has 1 aliphatic carbocycles. The van der Waals surface area contributed by atoms with E-state index in [1.165, 1.54) is 48.1 Å². The molecule has 0 aliphatic heterocycles. The van der Waals surface area contributed by atoms with E-state index in [-0.39, 0.29) is 10.8 Å². The summed E-state index contributed by atoms with van der Waals surface area (Å²) in [6, 6.07) is 6.99. The fourth-order valence-corrected chi connectivity index (χ4v) is 4.30. The second kappa shape index (κ2) is 9.16.